The van der Waals surface area contributed by atoms with E-state index in [4.69, 9.17) is 9.72 Å². The molecule has 1 aliphatic rings. The molecular weight excluding hydrogens is 448 g/mol. The summed E-state index contributed by atoms with van der Waals surface area (Å²) in [6, 6.07) is 14.0. The van der Waals surface area contributed by atoms with E-state index in [0.29, 0.717) is 30.5 Å². The molecule has 3 aromatic rings. The summed E-state index contributed by atoms with van der Waals surface area (Å²) in [5.74, 6) is 1.97. The Hall–Kier alpha value is -3.66. The fourth-order valence-corrected chi connectivity index (χ4v) is 4.93. The zero-order valence-corrected chi connectivity index (χ0v) is 21.7. The number of nitriles is 1. The van der Waals surface area contributed by atoms with Gasteiger partial charge in [0.25, 0.3) is 0 Å². The smallest absolute Gasteiger partial charge is 0.225 e. The van der Waals surface area contributed by atoms with E-state index in [0.717, 1.165) is 47.9 Å². The molecule has 7 nitrogen and oxygen atoms in total. The molecular formula is C29H36N6O. The second kappa shape index (κ2) is 12.3. The minimum absolute atomic E-state index is 0.524. The zero-order chi connectivity index (χ0) is 25.3. The van der Waals surface area contributed by atoms with Gasteiger partial charge in [0.05, 0.1) is 36.7 Å². The molecule has 188 valence electrons. The molecule has 0 bridgehead atoms. The Balaban J connectivity index is 1.69. The van der Waals surface area contributed by atoms with Gasteiger partial charge in [-0.1, -0.05) is 31.9 Å². The van der Waals surface area contributed by atoms with E-state index in [1.54, 1.807) is 7.11 Å². The number of pyridine rings is 1. The highest BCUT2D eigenvalue weighted by atomic mass is 16.5. The third kappa shape index (κ3) is 6.31. The van der Waals surface area contributed by atoms with Crippen molar-refractivity contribution in [1.82, 2.24) is 15.0 Å². The number of rotatable bonds is 11. The van der Waals surface area contributed by atoms with Crippen molar-refractivity contribution in [3.8, 4) is 11.9 Å². The van der Waals surface area contributed by atoms with Crippen LogP contribution >= 0.6 is 0 Å². The predicted octanol–water partition coefficient (Wildman–Crippen LogP) is 5.54. The molecule has 1 aliphatic carbocycles. The monoisotopic (exact) mass is 484 g/mol. The summed E-state index contributed by atoms with van der Waals surface area (Å²) >= 11 is 0. The Kier molecular flexibility index (Phi) is 8.72. The predicted molar refractivity (Wildman–Crippen MR) is 143 cm³/mol. The maximum Gasteiger partial charge on any atom is 0.225 e. The van der Waals surface area contributed by atoms with Crippen LogP contribution in [0.2, 0.25) is 0 Å². The summed E-state index contributed by atoms with van der Waals surface area (Å²) in [7, 11) is 1.65. The van der Waals surface area contributed by atoms with E-state index in [9.17, 15) is 5.26 Å². The van der Waals surface area contributed by atoms with Gasteiger partial charge in [-0.3, -0.25) is 0 Å². The van der Waals surface area contributed by atoms with E-state index >= 15 is 0 Å². The highest BCUT2D eigenvalue weighted by Crippen LogP contribution is 2.30. The Labute approximate surface area is 214 Å². The van der Waals surface area contributed by atoms with Crippen molar-refractivity contribution in [2.24, 2.45) is 5.92 Å². The maximum atomic E-state index is 9.39. The van der Waals surface area contributed by atoms with Gasteiger partial charge < -0.3 is 14.5 Å². The largest absolute Gasteiger partial charge is 0.481 e. The molecule has 1 aromatic carbocycles. The lowest BCUT2D eigenvalue weighted by Gasteiger charge is -2.30. The number of benzene rings is 1. The summed E-state index contributed by atoms with van der Waals surface area (Å²) in [4.78, 5) is 18.8. The van der Waals surface area contributed by atoms with Crippen LogP contribution in [0, 0.1) is 17.2 Å². The molecule has 36 heavy (non-hydrogen) atoms. The fourth-order valence-electron chi connectivity index (χ4n) is 4.93. The maximum absolute atomic E-state index is 9.39. The first-order valence-corrected chi connectivity index (χ1v) is 13.0. The Morgan fingerprint density at radius 2 is 1.78 bits per heavy atom. The number of aryl methyl sites for hydroxylation is 1. The Morgan fingerprint density at radius 1 is 1.00 bits per heavy atom. The fraction of sp³-hybridized carbons (Fsp3) is 0.448. The molecule has 7 heteroatoms. The average Bonchev–Trinajstić information content (AvgIpc) is 3.45. The molecule has 4 rings (SSSR count). The summed E-state index contributed by atoms with van der Waals surface area (Å²) < 4.78 is 5.51. The number of ether oxygens (including phenoxy) is 1. The molecule has 1 saturated carbocycles. The number of hydrogen-bond acceptors (Lipinski definition) is 7. The first kappa shape index (κ1) is 25.4. The van der Waals surface area contributed by atoms with Crippen LogP contribution in [0.15, 0.2) is 48.8 Å². The molecule has 0 spiro atoms. The molecule has 2 aromatic heterocycles. The lowest BCUT2D eigenvalue weighted by molar-refractivity contribution is 0.396. The van der Waals surface area contributed by atoms with Crippen molar-refractivity contribution in [2.45, 2.75) is 59.0 Å². The van der Waals surface area contributed by atoms with Crippen LogP contribution < -0.4 is 14.5 Å². The van der Waals surface area contributed by atoms with Crippen LogP contribution in [-0.2, 0) is 19.5 Å². The molecule has 0 unspecified atom stereocenters. The third-order valence-corrected chi connectivity index (χ3v) is 6.96. The molecule has 0 saturated heterocycles. The van der Waals surface area contributed by atoms with Gasteiger partial charge in [0.1, 0.15) is 0 Å². The minimum Gasteiger partial charge on any atom is -0.481 e. The van der Waals surface area contributed by atoms with Crippen molar-refractivity contribution in [3.63, 3.8) is 0 Å². The van der Waals surface area contributed by atoms with Gasteiger partial charge in [-0.15, -0.1) is 0 Å². The lowest BCUT2D eigenvalue weighted by atomic mass is 10.1. The first-order valence-electron chi connectivity index (χ1n) is 13.0. The summed E-state index contributed by atoms with van der Waals surface area (Å²) in [6.45, 7) is 7.36. The number of hydrogen-bond donors (Lipinski definition) is 0. The van der Waals surface area contributed by atoms with Crippen LogP contribution in [-0.4, -0.2) is 35.2 Å². The minimum atomic E-state index is 0.524. The lowest BCUT2D eigenvalue weighted by Crippen LogP contribution is -2.31. The Bertz CT molecular complexity index is 1170. The molecule has 2 heterocycles. The first-order chi connectivity index (χ1) is 17.6. The third-order valence-electron chi connectivity index (χ3n) is 6.96. The summed E-state index contributed by atoms with van der Waals surface area (Å²) in [6.07, 6.45) is 9.92. The topological polar surface area (TPSA) is 78.2 Å². The van der Waals surface area contributed by atoms with Crippen LogP contribution in [0.4, 0.5) is 11.6 Å². The zero-order valence-electron chi connectivity index (χ0n) is 21.7. The quantitative estimate of drug-likeness (QED) is 0.354. The number of methoxy groups -OCH3 is 1. The van der Waals surface area contributed by atoms with Crippen molar-refractivity contribution in [3.05, 3.63) is 71.2 Å². The van der Waals surface area contributed by atoms with Crippen molar-refractivity contribution in [2.75, 3.05) is 30.0 Å². The van der Waals surface area contributed by atoms with Gasteiger partial charge in [-0.05, 0) is 61.4 Å². The molecule has 1 fully saturated rings. The van der Waals surface area contributed by atoms with Crippen LogP contribution in [0.1, 0.15) is 61.9 Å². The van der Waals surface area contributed by atoms with Crippen molar-refractivity contribution < 1.29 is 4.74 Å². The molecule has 0 radical (unpaired) electrons. The van der Waals surface area contributed by atoms with Gasteiger partial charge in [-0.25, -0.2) is 15.0 Å². The van der Waals surface area contributed by atoms with Gasteiger partial charge in [0.15, 0.2) is 0 Å². The van der Waals surface area contributed by atoms with E-state index in [1.807, 2.05) is 42.7 Å². The second-order valence-corrected chi connectivity index (χ2v) is 9.42. The van der Waals surface area contributed by atoms with Crippen LogP contribution in [0.25, 0.3) is 0 Å². The standard InChI is InChI=1S/C29H36N6O/c1-4-22-17-31-29(32-18-22)35(20-25-12-8-11-24(15-25)16-30)21-26-27(13-14-28(33-26)36-3)34(5-2)19-23-9-6-7-10-23/h8,11-15,17-18,23H,4-7,9-10,19-21H2,1-3H3. The highest BCUT2D eigenvalue weighted by molar-refractivity contribution is 5.54. The Morgan fingerprint density at radius 3 is 2.44 bits per heavy atom. The highest BCUT2D eigenvalue weighted by Gasteiger charge is 2.22. The molecule has 0 N–H and O–H groups in total. The van der Waals surface area contributed by atoms with E-state index in [-0.39, 0.29) is 0 Å². The second-order valence-electron chi connectivity index (χ2n) is 9.42. The van der Waals surface area contributed by atoms with Crippen molar-refractivity contribution >= 4 is 11.6 Å². The molecule has 0 atom stereocenters. The molecule has 0 aliphatic heterocycles. The number of anilines is 2. The molecule has 0 amide bonds. The number of aromatic nitrogens is 3. The SMILES string of the molecule is CCc1cnc(N(Cc2cccc(C#N)c2)Cc2nc(OC)ccc2N(CC)CC2CCCC2)nc1. The van der Waals surface area contributed by atoms with Crippen LogP contribution in [0.5, 0.6) is 5.88 Å². The van der Waals surface area contributed by atoms with Crippen molar-refractivity contribution in [1.29, 1.82) is 5.26 Å². The van der Waals surface area contributed by atoms with Gasteiger partial charge >= 0.3 is 0 Å². The van der Waals surface area contributed by atoms with Crippen LogP contribution in [0.3, 0.4) is 0 Å². The number of nitrogens with zero attached hydrogens (tertiary/aromatic N) is 6. The van der Waals surface area contributed by atoms with Gasteiger partial charge in [-0.2, -0.15) is 5.26 Å². The van der Waals surface area contributed by atoms with E-state index < -0.39 is 0 Å². The van der Waals surface area contributed by atoms with Gasteiger partial charge in [0.2, 0.25) is 11.8 Å². The average molecular weight is 485 g/mol. The van der Waals surface area contributed by atoms with E-state index in [2.05, 4.69) is 45.8 Å². The summed E-state index contributed by atoms with van der Waals surface area (Å²) in [5, 5.41) is 9.39. The van der Waals surface area contributed by atoms with E-state index in [1.165, 1.54) is 25.7 Å². The van der Waals surface area contributed by atoms with Gasteiger partial charge in [0, 0.05) is 38.1 Å². The normalized spacial score (nSPS) is 13.4. The summed E-state index contributed by atoms with van der Waals surface area (Å²) in [5.41, 5.74) is 4.84.